The Morgan fingerprint density at radius 2 is 2.06 bits per heavy atom. The van der Waals surface area contributed by atoms with Gasteiger partial charge in [0.15, 0.2) is 0 Å². The summed E-state index contributed by atoms with van der Waals surface area (Å²) < 4.78 is 4.51. The molecule has 5 heteroatoms. The van der Waals surface area contributed by atoms with Crippen LogP contribution in [0.4, 0.5) is 0 Å². The molecule has 1 heterocycles. The number of carbonyl (C=O) groups is 2. The molecule has 5 nitrogen and oxygen atoms in total. The molecule has 1 saturated heterocycles. The van der Waals surface area contributed by atoms with Crippen LogP contribution in [0.2, 0.25) is 0 Å². The molecule has 1 rings (SSSR count). The SMILES string of the molecule is O=COCCCC(=O)NCCN1CCCCC1. The van der Waals surface area contributed by atoms with Gasteiger partial charge in [-0.05, 0) is 32.4 Å². The lowest BCUT2D eigenvalue weighted by molar-refractivity contribution is -0.130. The molecular formula is C12H22N2O3. The summed E-state index contributed by atoms with van der Waals surface area (Å²) in [5, 5.41) is 2.88. The molecule has 1 aliphatic rings. The van der Waals surface area contributed by atoms with Crippen molar-refractivity contribution in [1.82, 2.24) is 10.2 Å². The number of hydrogen-bond donors (Lipinski definition) is 1. The van der Waals surface area contributed by atoms with Crippen LogP contribution in [0, 0.1) is 0 Å². The standard InChI is InChI=1S/C12H22N2O3/c15-11-17-10-4-5-12(16)13-6-9-14-7-2-1-3-8-14/h11H,1-10H2,(H,13,16). The molecule has 0 aromatic rings. The van der Waals surface area contributed by atoms with Gasteiger partial charge in [-0.1, -0.05) is 6.42 Å². The summed E-state index contributed by atoms with van der Waals surface area (Å²) in [7, 11) is 0. The number of nitrogens with zero attached hydrogens (tertiary/aromatic N) is 1. The molecule has 0 aromatic carbocycles. The normalized spacial score (nSPS) is 16.5. The summed E-state index contributed by atoms with van der Waals surface area (Å²) in [6, 6.07) is 0. The van der Waals surface area contributed by atoms with Gasteiger partial charge in [0, 0.05) is 19.5 Å². The zero-order chi connectivity index (χ0) is 12.3. The van der Waals surface area contributed by atoms with E-state index < -0.39 is 0 Å². The third kappa shape index (κ3) is 6.94. The Morgan fingerprint density at radius 3 is 2.76 bits per heavy atom. The fraction of sp³-hybridized carbons (Fsp3) is 0.833. The van der Waals surface area contributed by atoms with E-state index in [-0.39, 0.29) is 5.91 Å². The van der Waals surface area contributed by atoms with E-state index in [1.165, 1.54) is 19.3 Å². The number of nitrogens with one attached hydrogen (secondary N) is 1. The average Bonchev–Trinajstić information content (AvgIpc) is 2.36. The van der Waals surface area contributed by atoms with Crippen molar-refractivity contribution in [3.05, 3.63) is 0 Å². The molecule has 0 bridgehead atoms. The van der Waals surface area contributed by atoms with Crippen molar-refractivity contribution < 1.29 is 14.3 Å². The molecule has 0 spiro atoms. The molecule has 0 unspecified atom stereocenters. The van der Waals surface area contributed by atoms with E-state index in [1.807, 2.05) is 0 Å². The van der Waals surface area contributed by atoms with Gasteiger partial charge in [0.25, 0.3) is 6.47 Å². The quantitative estimate of drug-likeness (QED) is 0.498. The van der Waals surface area contributed by atoms with Crippen molar-refractivity contribution in [3.63, 3.8) is 0 Å². The van der Waals surface area contributed by atoms with Crippen LogP contribution in [0.15, 0.2) is 0 Å². The predicted molar refractivity (Wildman–Crippen MR) is 64.6 cm³/mol. The van der Waals surface area contributed by atoms with Crippen LogP contribution in [0.1, 0.15) is 32.1 Å². The molecule has 1 aliphatic heterocycles. The second kappa shape index (κ2) is 8.98. The van der Waals surface area contributed by atoms with E-state index in [0.29, 0.717) is 32.5 Å². The maximum Gasteiger partial charge on any atom is 0.293 e. The lowest BCUT2D eigenvalue weighted by Crippen LogP contribution is -2.37. The molecule has 1 fully saturated rings. The number of piperidine rings is 1. The lowest BCUT2D eigenvalue weighted by Gasteiger charge is -2.26. The second-order valence-electron chi connectivity index (χ2n) is 4.32. The van der Waals surface area contributed by atoms with Gasteiger partial charge in [-0.15, -0.1) is 0 Å². The zero-order valence-corrected chi connectivity index (χ0v) is 10.3. The minimum absolute atomic E-state index is 0.0384. The van der Waals surface area contributed by atoms with E-state index in [1.54, 1.807) is 0 Å². The third-order valence-corrected chi connectivity index (χ3v) is 2.93. The van der Waals surface area contributed by atoms with Crippen molar-refractivity contribution in [2.24, 2.45) is 0 Å². The first kappa shape index (κ1) is 14.0. The van der Waals surface area contributed by atoms with E-state index in [0.717, 1.165) is 19.6 Å². The van der Waals surface area contributed by atoms with Crippen LogP contribution in [0.3, 0.4) is 0 Å². The van der Waals surface area contributed by atoms with Crippen LogP contribution in [-0.4, -0.2) is 50.1 Å². The minimum Gasteiger partial charge on any atom is -0.468 e. The minimum atomic E-state index is 0.0384. The summed E-state index contributed by atoms with van der Waals surface area (Å²) in [6.07, 6.45) is 4.90. The van der Waals surface area contributed by atoms with E-state index >= 15 is 0 Å². The van der Waals surface area contributed by atoms with Gasteiger partial charge in [-0.2, -0.15) is 0 Å². The third-order valence-electron chi connectivity index (χ3n) is 2.93. The van der Waals surface area contributed by atoms with Crippen molar-refractivity contribution in [2.45, 2.75) is 32.1 Å². The first-order valence-electron chi connectivity index (χ1n) is 6.37. The van der Waals surface area contributed by atoms with Crippen molar-refractivity contribution >= 4 is 12.4 Å². The fourth-order valence-electron chi connectivity index (χ4n) is 1.99. The van der Waals surface area contributed by atoms with Crippen LogP contribution in [0.5, 0.6) is 0 Å². The molecule has 1 N–H and O–H groups in total. The number of hydrogen-bond acceptors (Lipinski definition) is 4. The number of ether oxygens (including phenoxy) is 1. The molecule has 0 aliphatic carbocycles. The molecule has 17 heavy (non-hydrogen) atoms. The van der Waals surface area contributed by atoms with E-state index in [4.69, 9.17) is 0 Å². The van der Waals surface area contributed by atoms with Crippen LogP contribution in [0.25, 0.3) is 0 Å². The van der Waals surface area contributed by atoms with Crippen LogP contribution in [-0.2, 0) is 14.3 Å². The zero-order valence-electron chi connectivity index (χ0n) is 10.3. The molecule has 0 atom stereocenters. The Labute approximate surface area is 102 Å². The summed E-state index contributed by atoms with van der Waals surface area (Å²) in [5.41, 5.74) is 0. The molecule has 1 amide bonds. The largest absolute Gasteiger partial charge is 0.468 e. The van der Waals surface area contributed by atoms with Gasteiger partial charge in [-0.3, -0.25) is 9.59 Å². The number of likely N-dealkylation sites (tertiary alicyclic amines) is 1. The van der Waals surface area contributed by atoms with Crippen LogP contribution < -0.4 is 5.32 Å². The Bertz CT molecular complexity index is 228. The Kier molecular flexibility index (Phi) is 7.38. The van der Waals surface area contributed by atoms with Gasteiger partial charge >= 0.3 is 0 Å². The Morgan fingerprint density at radius 1 is 1.29 bits per heavy atom. The average molecular weight is 242 g/mol. The fourth-order valence-corrected chi connectivity index (χ4v) is 1.99. The number of amides is 1. The molecule has 0 saturated carbocycles. The lowest BCUT2D eigenvalue weighted by atomic mass is 10.1. The first-order valence-corrected chi connectivity index (χ1v) is 6.37. The van der Waals surface area contributed by atoms with Gasteiger partial charge < -0.3 is 15.0 Å². The summed E-state index contributed by atoms with van der Waals surface area (Å²) >= 11 is 0. The Hall–Kier alpha value is -1.10. The van der Waals surface area contributed by atoms with Gasteiger partial charge in [-0.25, -0.2) is 0 Å². The first-order chi connectivity index (χ1) is 8.33. The highest BCUT2D eigenvalue weighted by molar-refractivity contribution is 5.75. The summed E-state index contributed by atoms with van der Waals surface area (Å²) in [4.78, 5) is 23.6. The van der Waals surface area contributed by atoms with Crippen molar-refractivity contribution in [2.75, 3.05) is 32.8 Å². The second-order valence-corrected chi connectivity index (χ2v) is 4.32. The smallest absolute Gasteiger partial charge is 0.293 e. The topological polar surface area (TPSA) is 58.6 Å². The monoisotopic (exact) mass is 242 g/mol. The number of carbonyl (C=O) groups excluding carboxylic acids is 2. The van der Waals surface area contributed by atoms with Crippen LogP contribution >= 0.6 is 0 Å². The van der Waals surface area contributed by atoms with Crippen molar-refractivity contribution in [3.8, 4) is 0 Å². The van der Waals surface area contributed by atoms with Gasteiger partial charge in [0.2, 0.25) is 5.91 Å². The maximum absolute atomic E-state index is 11.4. The summed E-state index contributed by atoms with van der Waals surface area (Å²) in [5.74, 6) is 0.0384. The predicted octanol–water partition coefficient (Wildman–Crippen LogP) is 0.542. The highest BCUT2D eigenvalue weighted by Gasteiger charge is 2.09. The Balaban J connectivity index is 1.93. The van der Waals surface area contributed by atoms with Crippen molar-refractivity contribution in [1.29, 1.82) is 0 Å². The van der Waals surface area contributed by atoms with E-state index in [9.17, 15) is 9.59 Å². The highest BCUT2D eigenvalue weighted by atomic mass is 16.5. The molecule has 0 aromatic heterocycles. The molecule has 0 radical (unpaired) electrons. The molecular weight excluding hydrogens is 220 g/mol. The van der Waals surface area contributed by atoms with E-state index in [2.05, 4.69) is 15.0 Å². The maximum atomic E-state index is 11.4. The van der Waals surface area contributed by atoms with Gasteiger partial charge in [0.05, 0.1) is 6.61 Å². The molecule has 98 valence electrons. The summed E-state index contributed by atoms with van der Waals surface area (Å²) in [6.45, 7) is 4.70. The highest BCUT2D eigenvalue weighted by Crippen LogP contribution is 2.07. The number of rotatable bonds is 8. The van der Waals surface area contributed by atoms with Gasteiger partial charge in [0.1, 0.15) is 0 Å².